The van der Waals surface area contributed by atoms with Gasteiger partial charge in [0.15, 0.2) is 0 Å². The number of hydrogen-bond donors (Lipinski definition) is 2. The van der Waals surface area contributed by atoms with Crippen LogP contribution in [0.2, 0.25) is 0 Å². The molecule has 0 amide bonds. The summed E-state index contributed by atoms with van der Waals surface area (Å²) in [5.41, 5.74) is 8.50. The zero-order valence-corrected chi connectivity index (χ0v) is 14.0. The van der Waals surface area contributed by atoms with Crippen molar-refractivity contribution in [1.29, 1.82) is 0 Å². The second-order valence-corrected chi connectivity index (χ2v) is 6.29. The van der Waals surface area contributed by atoms with Crippen molar-refractivity contribution in [3.8, 4) is 0 Å². The van der Waals surface area contributed by atoms with Gasteiger partial charge in [0.05, 0.1) is 0 Å². The maximum absolute atomic E-state index is 5.23. The van der Waals surface area contributed by atoms with E-state index in [1.54, 1.807) is 0 Å². The zero-order valence-electron chi connectivity index (χ0n) is 14.0. The molecule has 1 fully saturated rings. The number of benzene rings is 2. The van der Waals surface area contributed by atoms with Crippen molar-refractivity contribution in [1.82, 2.24) is 6.15 Å². The van der Waals surface area contributed by atoms with Gasteiger partial charge in [-0.3, -0.25) is 0 Å². The van der Waals surface area contributed by atoms with Crippen LogP contribution in [0.1, 0.15) is 44.2 Å². The fourth-order valence-corrected chi connectivity index (χ4v) is 2.72. The Bertz CT molecular complexity index is 474. The van der Waals surface area contributed by atoms with Crippen molar-refractivity contribution < 1.29 is 0 Å². The molecule has 0 spiro atoms. The van der Waals surface area contributed by atoms with Gasteiger partial charge in [-0.15, -0.1) is 0 Å². The highest BCUT2D eigenvalue weighted by atomic mass is 14.5. The normalized spacial score (nSPS) is 14.5. The van der Waals surface area contributed by atoms with E-state index in [2.05, 4.69) is 74.5 Å². The van der Waals surface area contributed by atoms with Crippen LogP contribution >= 0.6 is 0 Å². The lowest BCUT2D eigenvalue weighted by Gasteiger charge is -2.15. The molecule has 2 nitrogen and oxygen atoms in total. The standard InChI is InChI=1S/C15H14.C5H13N.H3N/c1-3-7-13(8-4-1)15(11-12-15)14-9-5-2-6-10-14;1-5(2)3-4-6;/h1-10H,11-12H2;5H,3-4,6H2,1-2H3;1H3. The maximum Gasteiger partial charge on any atom is 0.0203 e. The molecule has 0 bridgehead atoms. The smallest absolute Gasteiger partial charge is 0.0203 e. The van der Waals surface area contributed by atoms with Gasteiger partial charge in [0.1, 0.15) is 0 Å². The molecule has 3 rings (SSSR count). The maximum atomic E-state index is 5.23. The van der Waals surface area contributed by atoms with Gasteiger partial charge >= 0.3 is 0 Å². The lowest BCUT2D eigenvalue weighted by atomic mass is 9.88. The van der Waals surface area contributed by atoms with Gasteiger partial charge in [0.25, 0.3) is 0 Å². The van der Waals surface area contributed by atoms with Crippen molar-refractivity contribution in [3.63, 3.8) is 0 Å². The first-order valence-corrected chi connectivity index (χ1v) is 8.00. The summed E-state index contributed by atoms with van der Waals surface area (Å²) in [5.74, 6) is 0.773. The Hall–Kier alpha value is -1.64. The summed E-state index contributed by atoms with van der Waals surface area (Å²) in [6, 6.07) is 21.7. The highest BCUT2D eigenvalue weighted by Crippen LogP contribution is 2.53. The first kappa shape index (κ1) is 18.4. The van der Waals surface area contributed by atoms with Crippen molar-refractivity contribution in [2.24, 2.45) is 11.7 Å². The van der Waals surface area contributed by atoms with E-state index in [-0.39, 0.29) is 6.15 Å². The summed E-state index contributed by atoms with van der Waals surface area (Å²) in [6.07, 6.45) is 3.74. The minimum absolute atomic E-state index is 0. The minimum Gasteiger partial charge on any atom is -0.344 e. The molecule has 1 aliphatic rings. The van der Waals surface area contributed by atoms with Crippen LogP contribution in [0, 0.1) is 5.92 Å². The monoisotopic (exact) mass is 298 g/mol. The van der Waals surface area contributed by atoms with Crippen molar-refractivity contribution >= 4 is 0 Å². The molecular weight excluding hydrogens is 268 g/mol. The van der Waals surface area contributed by atoms with E-state index in [0.717, 1.165) is 18.9 Å². The van der Waals surface area contributed by atoms with Crippen LogP contribution in [0.3, 0.4) is 0 Å². The van der Waals surface area contributed by atoms with E-state index in [1.165, 1.54) is 24.0 Å². The molecule has 0 atom stereocenters. The molecule has 2 aromatic carbocycles. The molecule has 0 heterocycles. The van der Waals surface area contributed by atoms with Crippen molar-refractivity contribution in [3.05, 3.63) is 71.8 Å². The third kappa shape index (κ3) is 4.69. The van der Waals surface area contributed by atoms with E-state index >= 15 is 0 Å². The van der Waals surface area contributed by atoms with Gasteiger partial charge in [0, 0.05) is 5.41 Å². The molecule has 22 heavy (non-hydrogen) atoms. The Balaban J connectivity index is 0.000000302. The van der Waals surface area contributed by atoms with E-state index in [4.69, 9.17) is 5.73 Å². The molecule has 1 saturated carbocycles. The average Bonchev–Trinajstić information content (AvgIpc) is 3.31. The first-order valence-electron chi connectivity index (χ1n) is 8.00. The highest BCUT2D eigenvalue weighted by molar-refractivity contribution is 5.44. The SMILES string of the molecule is CC(C)CCN.N.c1ccc(C2(c3ccccc3)CC2)cc1. The van der Waals surface area contributed by atoms with Crippen LogP contribution in [0.15, 0.2) is 60.7 Å². The second kappa shape index (κ2) is 8.72. The quantitative estimate of drug-likeness (QED) is 0.841. The average molecular weight is 298 g/mol. The Morgan fingerprint density at radius 3 is 1.50 bits per heavy atom. The van der Waals surface area contributed by atoms with E-state index in [9.17, 15) is 0 Å². The van der Waals surface area contributed by atoms with Crippen LogP contribution in [0.4, 0.5) is 0 Å². The Labute approximate surface area is 135 Å². The Kier molecular flexibility index (Phi) is 7.30. The van der Waals surface area contributed by atoms with Crippen LogP contribution in [0.5, 0.6) is 0 Å². The van der Waals surface area contributed by atoms with Crippen LogP contribution in [-0.2, 0) is 5.41 Å². The summed E-state index contributed by atoms with van der Waals surface area (Å²) in [6.45, 7) is 5.18. The predicted molar refractivity (Wildman–Crippen MR) is 96.4 cm³/mol. The first-order chi connectivity index (χ1) is 10.2. The summed E-state index contributed by atoms with van der Waals surface area (Å²) in [7, 11) is 0. The fraction of sp³-hybridized carbons (Fsp3) is 0.400. The lowest BCUT2D eigenvalue weighted by Crippen LogP contribution is -2.07. The lowest BCUT2D eigenvalue weighted by molar-refractivity contribution is 0.596. The largest absolute Gasteiger partial charge is 0.344 e. The van der Waals surface area contributed by atoms with Gasteiger partial charge < -0.3 is 11.9 Å². The van der Waals surface area contributed by atoms with Gasteiger partial charge in [0.2, 0.25) is 0 Å². The van der Waals surface area contributed by atoms with E-state index < -0.39 is 0 Å². The van der Waals surface area contributed by atoms with E-state index in [1.807, 2.05) is 0 Å². The summed E-state index contributed by atoms with van der Waals surface area (Å²) in [4.78, 5) is 0. The van der Waals surface area contributed by atoms with Gasteiger partial charge in [-0.05, 0) is 42.9 Å². The molecule has 120 valence electrons. The van der Waals surface area contributed by atoms with Crippen molar-refractivity contribution in [2.45, 2.75) is 38.5 Å². The molecule has 0 aliphatic heterocycles. The highest BCUT2D eigenvalue weighted by Gasteiger charge is 2.45. The van der Waals surface area contributed by atoms with Crippen LogP contribution in [0.25, 0.3) is 0 Å². The minimum atomic E-state index is 0. The molecular formula is C20H30N2. The number of hydrogen-bond acceptors (Lipinski definition) is 2. The molecule has 0 aromatic heterocycles. The van der Waals surface area contributed by atoms with Gasteiger partial charge in [-0.2, -0.15) is 0 Å². The summed E-state index contributed by atoms with van der Waals surface area (Å²) >= 11 is 0. The van der Waals surface area contributed by atoms with Crippen LogP contribution < -0.4 is 11.9 Å². The van der Waals surface area contributed by atoms with Crippen LogP contribution in [-0.4, -0.2) is 6.54 Å². The number of nitrogens with two attached hydrogens (primary N) is 1. The van der Waals surface area contributed by atoms with Crippen molar-refractivity contribution in [2.75, 3.05) is 6.54 Å². The molecule has 5 N–H and O–H groups in total. The second-order valence-electron chi connectivity index (χ2n) is 6.29. The topological polar surface area (TPSA) is 61.0 Å². The Morgan fingerprint density at radius 1 is 0.864 bits per heavy atom. The summed E-state index contributed by atoms with van der Waals surface area (Å²) < 4.78 is 0. The van der Waals surface area contributed by atoms with E-state index in [0.29, 0.717) is 5.41 Å². The molecule has 1 aliphatic carbocycles. The zero-order chi connectivity index (χ0) is 15.1. The molecule has 2 heteroatoms. The predicted octanol–water partition coefficient (Wildman–Crippen LogP) is 4.92. The summed E-state index contributed by atoms with van der Waals surface area (Å²) in [5, 5.41) is 0. The fourth-order valence-electron chi connectivity index (χ4n) is 2.72. The third-order valence-corrected chi connectivity index (χ3v) is 4.15. The number of rotatable bonds is 4. The molecule has 2 aromatic rings. The molecule has 0 radical (unpaired) electrons. The third-order valence-electron chi connectivity index (χ3n) is 4.15. The Morgan fingerprint density at radius 2 is 1.27 bits per heavy atom. The molecule has 0 saturated heterocycles. The molecule has 0 unspecified atom stereocenters. The van der Waals surface area contributed by atoms with Gasteiger partial charge in [-0.1, -0.05) is 74.5 Å². The van der Waals surface area contributed by atoms with Gasteiger partial charge in [-0.25, -0.2) is 0 Å².